The maximum absolute atomic E-state index is 13.5. The van der Waals surface area contributed by atoms with Crippen LogP contribution in [0.5, 0.6) is 0 Å². The van der Waals surface area contributed by atoms with E-state index >= 15 is 0 Å². The number of benzene rings is 2. The number of aromatic nitrogens is 1. The third-order valence-corrected chi connectivity index (χ3v) is 7.12. The Hall–Kier alpha value is -2.61. The van der Waals surface area contributed by atoms with Crippen molar-refractivity contribution in [3.63, 3.8) is 0 Å². The molecule has 8 heteroatoms. The molecule has 1 aliphatic heterocycles. The number of rotatable bonds is 4. The number of thioether (sulfide) groups is 1. The van der Waals surface area contributed by atoms with E-state index in [-0.39, 0.29) is 5.56 Å². The van der Waals surface area contributed by atoms with E-state index in [1.54, 1.807) is 35.4 Å². The summed E-state index contributed by atoms with van der Waals surface area (Å²) in [4.78, 5) is 32.3. The summed E-state index contributed by atoms with van der Waals surface area (Å²) in [6.07, 6.45) is 3.76. The van der Waals surface area contributed by atoms with Crippen LogP contribution in [0.2, 0.25) is 5.02 Å². The van der Waals surface area contributed by atoms with Crippen LogP contribution in [0.15, 0.2) is 74.5 Å². The van der Waals surface area contributed by atoms with Gasteiger partial charge in [-0.25, -0.2) is 9.79 Å². The van der Waals surface area contributed by atoms with Gasteiger partial charge in [0, 0.05) is 9.92 Å². The van der Waals surface area contributed by atoms with E-state index in [0.717, 1.165) is 16.0 Å². The maximum atomic E-state index is 13.5. The Balaban J connectivity index is 1.97. The normalized spacial score (nSPS) is 16.1. The zero-order valence-corrected chi connectivity index (χ0v) is 19.5. The van der Waals surface area contributed by atoms with Crippen LogP contribution in [0.1, 0.15) is 24.1 Å². The Morgan fingerprint density at radius 2 is 1.94 bits per heavy atom. The van der Waals surface area contributed by atoms with Gasteiger partial charge in [0.1, 0.15) is 0 Å². The zero-order chi connectivity index (χ0) is 22.1. The van der Waals surface area contributed by atoms with Gasteiger partial charge in [0.25, 0.3) is 5.56 Å². The first-order chi connectivity index (χ1) is 14.9. The predicted octanol–water partition coefficient (Wildman–Crippen LogP) is 3.78. The maximum Gasteiger partial charge on any atom is 0.338 e. The van der Waals surface area contributed by atoms with Crippen molar-refractivity contribution >= 4 is 46.7 Å². The molecule has 3 aromatic rings. The molecule has 1 aromatic heterocycles. The quantitative estimate of drug-likeness (QED) is 0.430. The van der Waals surface area contributed by atoms with Crippen LogP contribution in [0.25, 0.3) is 6.08 Å². The number of allylic oxidation sites excluding steroid dienone is 1. The molecule has 0 fully saturated rings. The molecule has 2 heterocycles. The SMILES string of the molecule is COC(=O)C1=C(C)N=c2s/c(=C\c3ccccc3Cl)c(=O)n2[C@H]1c1ccc(SC)cc1. The van der Waals surface area contributed by atoms with Crippen molar-refractivity contribution in [1.82, 2.24) is 4.57 Å². The number of ether oxygens (including phenoxy) is 1. The van der Waals surface area contributed by atoms with Crippen molar-refractivity contribution in [2.24, 2.45) is 4.99 Å². The molecule has 0 spiro atoms. The van der Waals surface area contributed by atoms with Crippen LogP contribution in [0.4, 0.5) is 0 Å². The topological polar surface area (TPSA) is 60.7 Å². The second kappa shape index (κ2) is 8.86. The molecule has 0 saturated carbocycles. The fourth-order valence-electron chi connectivity index (χ4n) is 3.53. The predicted molar refractivity (Wildman–Crippen MR) is 125 cm³/mol. The first-order valence-corrected chi connectivity index (χ1v) is 11.9. The van der Waals surface area contributed by atoms with Crippen LogP contribution in [-0.2, 0) is 9.53 Å². The minimum Gasteiger partial charge on any atom is -0.466 e. The summed E-state index contributed by atoms with van der Waals surface area (Å²) in [7, 11) is 1.33. The van der Waals surface area contributed by atoms with Gasteiger partial charge in [0.15, 0.2) is 4.80 Å². The van der Waals surface area contributed by atoms with Gasteiger partial charge in [-0.15, -0.1) is 11.8 Å². The van der Waals surface area contributed by atoms with Crippen molar-refractivity contribution in [3.05, 3.63) is 95.6 Å². The van der Waals surface area contributed by atoms with E-state index in [0.29, 0.717) is 25.6 Å². The molecule has 5 nitrogen and oxygen atoms in total. The fraction of sp³-hybridized carbons (Fsp3) is 0.174. The van der Waals surface area contributed by atoms with Crippen molar-refractivity contribution in [2.75, 3.05) is 13.4 Å². The Morgan fingerprint density at radius 1 is 1.23 bits per heavy atom. The minimum absolute atomic E-state index is 0.225. The Kier molecular flexibility index (Phi) is 6.18. The number of hydrogen-bond acceptors (Lipinski definition) is 6. The minimum atomic E-state index is -0.618. The van der Waals surface area contributed by atoms with Crippen molar-refractivity contribution in [3.8, 4) is 0 Å². The van der Waals surface area contributed by atoms with E-state index in [2.05, 4.69) is 4.99 Å². The van der Waals surface area contributed by atoms with E-state index in [4.69, 9.17) is 16.3 Å². The monoisotopic (exact) mass is 470 g/mol. The number of fused-ring (bicyclic) bond motifs is 1. The molecule has 31 heavy (non-hydrogen) atoms. The summed E-state index contributed by atoms with van der Waals surface area (Å²) in [5.74, 6) is -0.499. The largest absolute Gasteiger partial charge is 0.466 e. The van der Waals surface area contributed by atoms with Gasteiger partial charge in [-0.2, -0.15) is 0 Å². The number of halogens is 1. The highest BCUT2D eigenvalue weighted by atomic mass is 35.5. The number of thiazole rings is 1. The van der Waals surface area contributed by atoms with Crippen molar-refractivity contribution in [1.29, 1.82) is 0 Å². The Morgan fingerprint density at radius 3 is 2.58 bits per heavy atom. The van der Waals surface area contributed by atoms with Crippen LogP contribution < -0.4 is 14.9 Å². The summed E-state index contributed by atoms with van der Waals surface area (Å²) in [6.45, 7) is 1.76. The van der Waals surface area contributed by atoms with E-state index < -0.39 is 12.0 Å². The van der Waals surface area contributed by atoms with Crippen LogP contribution in [0, 0.1) is 0 Å². The second-order valence-electron chi connectivity index (χ2n) is 6.87. The van der Waals surface area contributed by atoms with Gasteiger partial charge < -0.3 is 4.74 Å². The van der Waals surface area contributed by atoms with Gasteiger partial charge in [-0.3, -0.25) is 9.36 Å². The molecule has 0 bridgehead atoms. The Bertz CT molecular complexity index is 1370. The third kappa shape index (κ3) is 4.01. The molecular formula is C23H19ClN2O3S2. The van der Waals surface area contributed by atoms with E-state index in [9.17, 15) is 9.59 Å². The van der Waals surface area contributed by atoms with Gasteiger partial charge in [0.2, 0.25) is 0 Å². The van der Waals surface area contributed by atoms with Gasteiger partial charge in [0.05, 0.1) is 29.0 Å². The molecule has 0 saturated heterocycles. The number of esters is 1. The number of methoxy groups -OCH3 is 1. The van der Waals surface area contributed by atoms with Crippen molar-refractivity contribution in [2.45, 2.75) is 17.9 Å². The summed E-state index contributed by atoms with van der Waals surface area (Å²) in [6, 6.07) is 14.5. The summed E-state index contributed by atoms with van der Waals surface area (Å²) < 4.78 is 7.10. The van der Waals surface area contributed by atoms with E-state index in [1.165, 1.54) is 18.4 Å². The van der Waals surface area contributed by atoms with Crippen LogP contribution in [-0.4, -0.2) is 23.9 Å². The molecule has 0 unspecified atom stereocenters. The fourth-order valence-corrected chi connectivity index (χ4v) is 5.16. The number of carbonyl (C=O) groups is 1. The summed E-state index contributed by atoms with van der Waals surface area (Å²) in [5, 5.41) is 0.559. The summed E-state index contributed by atoms with van der Waals surface area (Å²) >= 11 is 9.18. The molecule has 1 aliphatic rings. The molecule has 4 rings (SSSR count). The number of hydrogen-bond donors (Lipinski definition) is 0. The highest BCUT2D eigenvalue weighted by Gasteiger charge is 2.33. The molecule has 0 N–H and O–H groups in total. The second-order valence-corrected chi connectivity index (χ2v) is 9.16. The van der Waals surface area contributed by atoms with Gasteiger partial charge in [-0.05, 0) is 48.6 Å². The molecule has 0 radical (unpaired) electrons. The average Bonchev–Trinajstić information content (AvgIpc) is 3.08. The molecular weight excluding hydrogens is 452 g/mol. The highest BCUT2D eigenvalue weighted by molar-refractivity contribution is 7.98. The standard InChI is InChI=1S/C23H19ClN2O3S2/c1-13-19(22(28)29-2)20(14-8-10-16(30-3)11-9-14)26-21(27)18(31-23(26)25-13)12-15-6-4-5-7-17(15)24/h4-12,20H,1-3H3/b18-12-/t20-/m0/s1. The lowest BCUT2D eigenvalue weighted by molar-refractivity contribution is -0.136. The first-order valence-electron chi connectivity index (χ1n) is 9.44. The zero-order valence-electron chi connectivity index (χ0n) is 17.1. The summed E-state index contributed by atoms with van der Waals surface area (Å²) in [5.41, 5.74) is 2.24. The van der Waals surface area contributed by atoms with E-state index in [1.807, 2.05) is 48.7 Å². The molecule has 2 aromatic carbocycles. The van der Waals surface area contributed by atoms with Gasteiger partial charge in [-0.1, -0.05) is 53.3 Å². The first kappa shape index (κ1) is 21.6. The third-order valence-electron chi connectivity index (χ3n) is 5.05. The Labute approximate surface area is 192 Å². The molecule has 0 amide bonds. The lowest BCUT2D eigenvalue weighted by atomic mass is 9.96. The average molecular weight is 471 g/mol. The lowest BCUT2D eigenvalue weighted by Gasteiger charge is -2.24. The van der Waals surface area contributed by atoms with Crippen molar-refractivity contribution < 1.29 is 9.53 Å². The highest BCUT2D eigenvalue weighted by Crippen LogP contribution is 2.31. The number of nitrogens with zero attached hydrogens (tertiary/aromatic N) is 2. The van der Waals surface area contributed by atoms with Crippen LogP contribution >= 0.6 is 34.7 Å². The van der Waals surface area contributed by atoms with Gasteiger partial charge >= 0.3 is 5.97 Å². The smallest absolute Gasteiger partial charge is 0.338 e. The van der Waals surface area contributed by atoms with Crippen LogP contribution in [0.3, 0.4) is 0 Å². The number of carbonyl (C=O) groups excluding carboxylic acids is 1. The molecule has 158 valence electrons. The lowest BCUT2D eigenvalue weighted by Crippen LogP contribution is -2.39. The molecule has 0 aliphatic carbocycles. The molecule has 1 atom stereocenters.